The predicted molar refractivity (Wildman–Crippen MR) is 60.4 cm³/mol. The fourth-order valence-electron chi connectivity index (χ4n) is 1.45. The van der Waals surface area contributed by atoms with Crippen molar-refractivity contribution >= 4 is 27.2 Å². The molecular formula is C8H15NO4S2. The molecule has 1 fully saturated rings. The summed E-state index contributed by atoms with van der Waals surface area (Å²) in [6.45, 7) is 0.595. The van der Waals surface area contributed by atoms with Gasteiger partial charge in [0.25, 0.3) is 5.17 Å². The van der Waals surface area contributed by atoms with Crippen LogP contribution < -0.4 is 5.32 Å². The molecule has 5 nitrogen and oxygen atoms in total. The van der Waals surface area contributed by atoms with Crippen molar-refractivity contribution in [1.82, 2.24) is 5.32 Å². The fraction of sp³-hybridized carbons (Fsp3) is 0.875. The highest BCUT2D eigenvalue weighted by Gasteiger charge is 2.27. The van der Waals surface area contributed by atoms with Crippen LogP contribution in [0, 0.1) is 5.92 Å². The third kappa shape index (κ3) is 4.76. The third-order valence-electron chi connectivity index (χ3n) is 2.19. The van der Waals surface area contributed by atoms with Gasteiger partial charge in [-0.3, -0.25) is 0 Å². The molecule has 0 aromatic heterocycles. The van der Waals surface area contributed by atoms with E-state index in [9.17, 15) is 8.42 Å². The lowest BCUT2D eigenvalue weighted by Crippen LogP contribution is -2.30. The van der Waals surface area contributed by atoms with E-state index in [1.807, 2.05) is 0 Å². The summed E-state index contributed by atoms with van der Waals surface area (Å²) in [6.07, 6.45) is 0.679. The molecule has 1 rings (SSSR count). The highest BCUT2D eigenvalue weighted by Crippen LogP contribution is 2.17. The minimum absolute atomic E-state index is 0.0837. The first-order chi connectivity index (χ1) is 7.03. The van der Waals surface area contributed by atoms with Crippen molar-refractivity contribution in [2.75, 3.05) is 31.3 Å². The lowest BCUT2D eigenvalue weighted by atomic mass is 10.1. The number of thiocarbonyl (C=S) groups is 1. The standard InChI is InChI=1S/C8H15NO4S2/c10-2-3-13-8(14)9-5-7-1-4-15(11,12)6-7/h7,10H,1-6H2,(H,9,14)/t7-/m0/s1. The number of rotatable bonds is 4. The van der Waals surface area contributed by atoms with Gasteiger partial charge in [-0.25, -0.2) is 8.42 Å². The van der Waals surface area contributed by atoms with Crippen molar-refractivity contribution in [3.63, 3.8) is 0 Å². The Hall–Kier alpha value is -0.400. The van der Waals surface area contributed by atoms with Crippen LogP contribution in [0.3, 0.4) is 0 Å². The molecule has 0 aliphatic carbocycles. The van der Waals surface area contributed by atoms with Gasteiger partial charge in [0.1, 0.15) is 6.61 Å². The second-order valence-corrected chi connectivity index (χ2v) is 6.11. The van der Waals surface area contributed by atoms with E-state index in [1.54, 1.807) is 0 Å². The van der Waals surface area contributed by atoms with Crippen LogP contribution in [0.5, 0.6) is 0 Å². The number of hydrogen-bond donors (Lipinski definition) is 2. The molecule has 1 atom stereocenters. The minimum Gasteiger partial charge on any atom is -0.469 e. The van der Waals surface area contributed by atoms with Gasteiger partial charge in [-0.1, -0.05) is 0 Å². The van der Waals surface area contributed by atoms with Crippen molar-refractivity contribution < 1.29 is 18.3 Å². The molecule has 1 saturated heterocycles. The summed E-state index contributed by atoms with van der Waals surface area (Å²) >= 11 is 4.82. The van der Waals surface area contributed by atoms with Gasteiger partial charge in [0.2, 0.25) is 0 Å². The smallest absolute Gasteiger partial charge is 0.256 e. The van der Waals surface area contributed by atoms with Gasteiger partial charge in [0, 0.05) is 6.54 Å². The molecule has 7 heteroatoms. The van der Waals surface area contributed by atoms with E-state index in [0.29, 0.717) is 13.0 Å². The van der Waals surface area contributed by atoms with Gasteiger partial charge in [-0.05, 0) is 24.6 Å². The summed E-state index contributed by atoms with van der Waals surface area (Å²) in [5, 5.41) is 11.5. The van der Waals surface area contributed by atoms with Gasteiger partial charge >= 0.3 is 0 Å². The first kappa shape index (κ1) is 12.7. The Morgan fingerprint density at radius 1 is 1.60 bits per heavy atom. The number of aliphatic hydroxyl groups is 1. The summed E-state index contributed by atoms with van der Waals surface area (Å²) < 4.78 is 27.2. The molecule has 88 valence electrons. The molecule has 0 saturated carbocycles. The number of aliphatic hydroxyl groups excluding tert-OH is 1. The van der Waals surface area contributed by atoms with E-state index in [2.05, 4.69) is 5.32 Å². The van der Waals surface area contributed by atoms with Gasteiger partial charge < -0.3 is 15.2 Å². The molecule has 15 heavy (non-hydrogen) atoms. The zero-order valence-electron chi connectivity index (χ0n) is 8.31. The van der Waals surface area contributed by atoms with Crippen LogP contribution in [0.2, 0.25) is 0 Å². The monoisotopic (exact) mass is 253 g/mol. The maximum Gasteiger partial charge on any atom is 0.256 e. The summed E-state index contributed by atoms with van der Waals surface area (Å²) in [5.74, 6) is 0.609. The maximum absolute atomic E-state index is 11.1. The predicted octanol–water partition coefficient (Wildman–Crippen LogP) is -0.696. The molecule has 0 aromatic carbocycles. The SMILES string of the molecule is O=S1(=O)CC[C@@H](CNC(=S)OCCO)C1. The Morgan fingerprint density at radius 2 is 2.33 bits per heavy atom. The quantitative estimate of drug-likeness (QED) is 0.646. The normalized spacial score (nSPS) is 23.7. The largest absolute Gasteiger partial charge is 0.469 e. The topological polar surface area (TPSA) is 75.6 Å². The molecule has 1 aliphatic rings. The third-order valence-corrected chi connectivity index (χ3v) is 4.29. The second-order valence-electron chi connectivity index (χ2n) is 3.51. The molecule has 0 radical (unpaired) electrons. The summed E-state index contributed by atoms with van der Waals surface area (Å²) in [5.41, 5.74) is 0. The molecular weight excluding hydrogens is 238 g/mol. The second kappa shape index (κ2) is 5.62. The van der Waals surface area contributed by atoms with Gasteiger partial charge in [-0.15, -0.1) is 0 Å². The Balaban J connectivity index is 2.18. The van der Waals surface area contributed by atoms with Crippen LogP contribution in [0.1, 0.15) is 6.42 Å². The lowest BCUT2D eigenvalue weighted by Gasteiger charge is -2.11. The lowest BCUT2D eigenvalue weighted by molar-refractivity contribution is 0.191. The zero-order valence-corrected chi connectivity index (χ0v) is 9.94. The molecule has 0 aromatic rings. The highest BCUT2D eigenvalue weighted by atomic mass is 32.2. The van der Waals surface area contributed by atoms with Crippen LogP contribution in [-0.4, -0.2) is 50.0 Å². The minimum atomic E-state index is -2.82. The Kier molecular flexibility index (Phi) is 4.75. The Labute approximate surface area is 94.7 Å². The number of hydrogen-bond acceptors (Lipinski definition) is 5. The molecule has 2 N–H and O–H groups in total. The number of ether oxygens (including phenoxy) is 1. The maximum atomic E-state index is 11.1. The van der Waals surface area contributed by atoms with Crippen LogP contribution >= 0.6 is 12.2 Å². The molecule has 0 amide bonds. The van der Waals surface area contributed by atoms with Crippen molar-refractivity contribution in [3.05, 3.63) is 0 Å². The van der Waals surface area contributed by atoms with E-state index in [4.69, 9.17) is 22.1 Å². The summed E-state index contributed by atoms with van der Waals surface area (Å²) in [6, 6.07) is 0. The summed E-state index contributed by atoms with van der Waals surface area (Å²) in [7, 11) is -2.82. The van der Waals surface area contributed by atoms with E-state index >= 15 is 0 Å². The van der Waals surface area contributed by atoms with Gasteiger partial charge in [0.05, 0.1) is 18.1 Å². The van der Waals surface area contributed by atoms with Crippen LogP contribution in [-0.2, 0) is 14.6 Å². The number of nitrogens with one attached hydrogen (secondary N) is 1. The van der Waals surface area contributed by atoms with Gasteiger partial charge in [0.15, 0.2) is 9.84 Å². The van der Waals surface area contributed by atoms with Crippen molar-refractivity contribution in [1.29, 1.82) is 0 Å². The molecule has 1 heterocycles. The fourth-order valence-corrected chi connectivity index (χ4v) is 3.48. The molecule has 0 bridgehead atoms. The van der Waals surface area contributed by atoms with Crippen LogP contribution in [0.4, 0.5) is 0 Å². The van der Waals surface area contributed by atoms with Crippen LogP contribution in [0.25, 0.3) is 0 Å². The van der Waals surface area contributed by atoms with E-state index in [1.165, 1.54) is 0 Å². The van der Waals surface area contributed by atoms with E-state index < -0.39 is 9.84 Å². The van der Waals surface area contributed by atoms with Crippen molar-refractivity contribution in [2.24, 2.45) is 5.92 Å². The van der Waals surface area contributed by atoms with E-state index in [-0.39, 0.29) is 35.8 Å². The first-order valence-corrected chi connectivity index (χ1v) is 6.98. The first-order valence-electron chi connectivity index (χ1n) is 4.75. The Morgan fingerprint density at radius 3 is 2.87 bits per heavy atom. The molecule has 0 unspecified atom stereocenters. The van der Waals surface area contributed by atoms with Crippen LogP contribution in [0.15, 0.2) is 0 Å². The van der Waals surface area contributed by atoms with E-state index in [0.717, 1.165) is 0 Å². The average Bonchev–Trinajstić information content (AvgIpc) is 2.52. The highest BCUT2D eigenvalue weighted by molar-refractivity contribution is 7.91. The Bertz CT molecular complexity index is 315. The average molecular weight is 253 g/mol. The zero-order chi connectivity index (χ0) is 11.3. The summed E-state index contributed by atoms with van der Waals surface area (Å²) in [4.78, 5) is 0. The van der Waals surface area contributed by atoms with Crippen molar-refractivity contribution in [3.8, 4) is 0 Å². The molecule has 1 aliphatic heterocycles. The van der Waals surface area contributed by atoms with Crippen molar-refractivity contribution in [2.45, 2.75) is 6.42 Å². The number of sulfone groups is 1. The van der Waals surface area contributed by atoms with Gasteiger partial charge in [-0.2, -0.15) is 0 Å². The molecule has 0 spiro atoms.